The molecule has 5 nitrogen and oxygen atoms in total. The molecule has 1 aliphatic heterocycles. The zero-order valence-corrected chi connectivity index (χ0v) is 9.90. The molecule has 0 bridgehead atoms. The fourth-order valence-corrected chi connectivity index (χ4v) is 1.79. The Labute approximate surface area is 111 Å². The van der Waals surface area contributed by atoms with E-state index in [2.05, 4.69) is 4.74 Å². The van der Waals surface area contributed by atoms with E-state index in [0.29, 0.717) is 11.0 Å². The van der Waals surface area contributed by atoms with E-state index in [4.69, 9.17) is 5.26 Å². The number of morpholine rings is 1. The monoisotopic (exact) mass is 284 g/mol. The van der Waals surface area contributed by atoms with Crippen LogP contribution in [0.25, 0.3) is 0 Å². The molecule has 0 saturated carbocycles. The van der Waals surface area contributed by atoms with Gasteiger partial charge < -0.3 is 4.74 Å². The topological polar surface area (TPSA) is 70.4 Å². The van der Waals surface area contributed by atoms with Crippen molar-refractivity contribution in [3.8, 4) is 6.07 Å². The van der Waals surface area contributed by atoms with E-state index in [1.165, 1.54) is 6.07 Å². The van der Waals surface area contributed by atoms with E-state index in [1.807, 2.05) is 0 Å². The largest absolute Gasteiger partial charge is 0.417 e. The highest BCUT2D eigenvalue weighted by Gasteiger charge is 2.36. The predicted octanol–water partition coefficient (Wildman–Crippen LogP) is 1.47. The molecule has 1 aromatic rings. The Morgan fingerprint density at radius 1 is 1.20 bits per heavy atom. The third-order valence-corrected chi connectivity index (χ3v) is 2.64. The Balaban J connectivity index is 2.51. The van der Waals surface area contributed by atoms with Crippen LogP contribution in [0.4, 0.5) is 18.9 Å². The summed E-state index contributed by atoms with van der Waals surface area (Å²) in [6.45, 7) is -0.764. The van der Waals surface area contributed by atoms with Crippen molar-refractivity contribution < 1.29 is 27.5 Å². The van der Waals surface area contributed by atoms with Gasteiger partial charge in [-0.05, 0) is 18.2 Å². The van der Waals surface area contributed by atoms with Crippen LogP contribution in [0.2, 0.25) is 0 Å². The molecule has 1 saturated heterocycles. The second kappa shape index (κ2) is 4.94. The van der Waals surface area contributed by atoms with Crippen molar-refractivity contribution in [2.75, 3.05) is 18.1 Å². The normalized spacial score (nSPS) is 16.2. The van der Waals surface area contributed by atoms with Gasteiger partial charge in [-0.2, -0.15) is 18.4 Å². The minimum absolute atomic E-state index is 0.227. The van der Waals surface area contributed by atoms with Crippen LogP contribution in [0.3, 0.4) is 0 Å². The SMILES string of the molecule is N#Cc1ccc(N2C(=O)COCC2=O)cc1C(F)(F)F. The lowest BCUT2D eigenvalue weighted by molar-refractivity contribution is -0.139. The number of nitriles is 1. The fourth-order valence-electron chi connectivity index (χ4n) is 1.79. The van der Waals surface area contributed by atoms with Crippen LogP contribution < -0.4 is 4.90 Å². The molecule has 0 aromatic heterocycles. The van der Waals surface area contributed by atoms with Gasteiger partial charge in [0.15, 0.2) is 0 Å². The Hall–Kier alpha value is -2.40. The minimum atomic E-state index is -4.75. The molecule has 1 fully saturated rings. The number of anilines is 1. The number of carbonyl (C=O) groups excluding carboxylic acids is 2. The number of halogens is 3. The fraction of sp³-hybridized carbons (Fsp3) is 0.250. The molecule has 2 amide bonds. The number of nitrogens with zero attached hydrogens (tertiary/aromatic N) is 2. The van der Waals surface area contributed by atoms with Crippen LogP contribution >= 0.6 is 0 Å². The Morgan fingerprint density at radius 2 is 1.80 bits per heavy atom. The average molecular weight is 284 g/mol. The summed E-state index contributed by atoms with van der Waals surface area (Å²) >= 11 is 0. The number of hydrogen-bond acceptors (Lipinski definition) is 4. The Kier molecular flexibility index (Phi) is 3.46. The molecule has 1 aromatic carbocycles. The second-order valence-corrected chi connectivity index (χ2v) is 3.96. The first-order valence-corrected chi connectivity index (χ1v) is 5.39. The van der Waals surface area contributed by atoms with Crippen molar-refractivity contribution in [3.05, 3.63) is 29.3 Å². The molecule has 0 spiro atoms. The Morgan fingerprint density at radius 3 is 2.30 bits per heavy atom. The van der Waals surface area contributed by atoms with Crippen molar-refractivity contribution in [3.63, 3.8) is 0 Å². The summed E-state index contributed by atoms with van der Waals surface area (Å²) in [7, 11) is 0. The number of ether oxygens (including phenoxy) is 1. The van der Waals surface area contributed by atoms with Crippen molar-refractivity contribution in [1.29, 1.82) is 5.26 Å². The van der Waals surface area contributed by atoms with Crippen molar-refractivity contribution >= 4 is 17.5 Å². The summed E-state index contributed by atoms with van der Waals surface area (Å²) in [5, 5.41) is 8.67. The van der Waals surface area contributed by atoms with E-state index in [-0.39, 0.29) is 18.9 Å². The number of alkyl halides is 3. The van der Waals surface area contributed by atoms with Crippen LogP contribution in [0.5, 0.6) is 0 Å². The summed E-state index contributed by atoms with van der Waals surface area (Å²) in [5.74, 6) is -1.50. The quantitative estimate of drug-likeness (QED) is 0.732. The molecule has 2 rings (SSSR count). The number of benzene rings is 1. The van der Waals surface area contributed by atoms with Crippen LogP contribution in [-0.4, -0.2) is 25.0 Å². The zero-order valence-electron chi connectivity index (χ0n) is 9.90. The molecule has 0 radical (unpaired) electrons. The third-order valence-electron chi connectivity index (χ3n) is 2.64. The smallest absolute Gasteiger partial charge is 0.362 e. The maximum Gasteiger partial charge on any atom is 0.417 e. The summed E-state index contributed by atoms with van der Waals surface area (Å²) in [6.07, 6.45) is -4.75. The molecule has 0 unspecified atom stereocenters. The van der Waals surface area contributed by atoms with Gasteiger partial charge in [-0.1, -0.05) is 0 Å². The maximum atomic E-state index is 12.8. The van der Waals surface area contributed by atoms with E-state index < -0.39 is 29.1 Å². The number of amides is 2. The lowest BCUT2D eigenvalue weighted by Gasteiger charge is -2.25. The average Bonchev–Trinajstić information content (AvgIpc) is 2.37. The molecular formula is C12H7F3N2O3. The van der Waals surface area contributed by atoms with E-state index in [9.17, 15) is 22.8 Å². The lowest BCUT2D eigenvalue weighted by Crippen LogP contribution is -2.46. The molecule has 1 heterocycles. The maximum absolute atomic E-state index is 12.8. The van der Waals surface area contributed by atoms with Crippen LogP contribution in [0.15, 0.2) is 18.2 Å². The zero-order chi connectivity index (χ0) is 14.9. The van der Waals surface area contributed by atoms with E-state index in [0.717, 1.165) is 12.1 Å². The number of carbonyl (C=O) groups is 2. The highest BCUT2D eigenvalue weighted by molar-refractivity contribution is 6.17. The lowest BCUT2D eigenvalue weighted by atomic mass is 10.1. The first kappa shape index (κ1) is 14.0. The molecule has 8 heteroatoms. The number of hydrogen-bond donors (Lipinski definition) is 0. The number of rotatable bonds is 1. The van der Waals surface area contributed by atoms with Gasteiger partial charge >= 0.3 is 6.18 Å². The minimum Gasteiger partial charge on any atom is -0.362 e. The van der Waals surface area contributed by atoms with Crippen LogP contribution in [0, 0.1) is 11.3 Å². The molecular weight excluding hydrogens is 277 g/mol. The van der Waals surface area contributed by atoms with Crippen molar-refractivity contribution in [2.24, 2.45) is 0 Å². The van der Waals surface area contributed by atoms with Gasteiger partial charge in [-0.25, -0.2) is 4.90 Å². The Bertz CT molecular complexity index is 603. The summed E-state index contributed by atoms with van der Waals surface area (Å²) in [6, 6.07) is 4.08. The predicted molar refractivity (Wildman–Crippen MR) is 59.5 cm³/mol. The first-order chi connectivity index (χ1) is 9.34. The standard InChI is InChI=1S/C12H7F3N2O3/c13-12(14,15)9-3-8(2-1-7(9)4-16)17-10(18)5-20-6-11(17)19/h1-3H,5-6H2. The first-order valence-electron chi connectivity index (χ1n) is 5.39. The third kappa shape index (κ3) is 2.48. The van der Waals surface area contributed by atoms with Gasteiger partial charge in [0.05, 0.1) is 22.9 Å². The summed E-state index contributed by atoms with van der Waals surface area (Å²) in [5.41, 5.74) is -1.99. The highest BCUT2D eigenvalue weighted by atomic mass is 19.4. The van der Waals surface area contributed by atoms with Crippen LogP contribution in [0.1, 0.15) is 11.1 Å². The molecule has 0 aliphatic carbocycles. The summed E-state index contributed by atoms with van der Waals surface area (Å²) in [4.78, 5) is 23.7. The summed E-state index contributed by atoms with van der Waals surface area (Å²) < 4.78 is 43.1. The molecule has 0 atom stereocenters. The van der Waals surface area contributed by atoms with Crippen molar-refractivity contribution in [2.45, 2.75) is 6.18 Å². The molecule has 20 heavy (non-hydrogen) atoms. The number of imide groups is 1. The van der Waals surface area contributed by atoms with Gasteiger partial charge in [-0.15, -0.1) is 0 Å². The molecule has 1 aliphatic rings. The van der Waals surface area contributed by atoms with Crippen molar-refractivity contribution in [1.82, 2.24) is 0 Å². The van der Waals surface area contributed by atoms with E-state index in [1.54, 1.807) is 0 Å². The van der Waals surface area contributed by atoms with Gasteiger partial charge in [-0.3, -0.25) is 9.59 Å². The second-order valence-electron chi connectivity index (χ2n) is 3.96. The van der Waals surface area contributed by atoms with E-state index >= 15 is 0 Å². The molecule has 0 N–H and O–H groups in total. The van der Waals surface area contributed by atoms with Gasteiger partial charge in [0.2, 0.25) is 0 Å². The molecule has 104 valence electrons. The van der Waals surface area contributed by atoms with Gasteiger partial charge in [0, 0.05) is 0 Å². The van der Waals surface area contributed by atoms with Gasteiger partial charge in [0.25, 0.3) is 11.8 Å². The highest BCUT2D eigenvalue weighted by Crippen LogP contribution is 2.34. The van der Waals surface area contributed by atoms with Gasteiger partial charge in [0.1, 0.15) is 13.2 Å². The van der Waals surface area contributed by atoms with Crippen LogP contribution in [-0.2, 0) is 20.5 Å².